The summed E-state index contributed by atoms with van der Waals surface area (Å²) in [5, 5.41) is 34.1. The molecule has 0 unspecified atom stereocenters. The second-order valence-electron chi connectivity index (χ2n) is 8.07. The highest BCUT2D eigenvalue weighted by molar-refractivity contribution is 5.86. The van der Waals surface area contributed by atoms with Crippen molar-refractivity contribution in [3.63, 3.8) is 0 Å². The number of unbranched alkanes of at least 4 members (excludes halogenated alkanes) is 1. The first-order valence-electron chi connectivity index (χ1n) is 10.9. The summed E-state index contributed by atoms with van der Waals surface area (Å²) in [5.41, 5.74) is 5.66. The second-order valence-corrected chi connectivity index (χ2v) is 8.07. The SMILES string of the molecule is NCC1CCC(C(=O)NCCCC[C@H](NC(=O)N[C@@H](CCC(=O)O)C(=O)O)C(=O)O)CC1. The van der Waals surface area contributed by atoms with Crippen molar-refractivity contribution in [2.45, 2.75) is 69.9 Å². The quantitative estimate of drug-likeness (QED) is 0.176. The van der Waals surface area contributed by atoms with Crippen LogP contribution < -0.4 is 21.7 Å². The van der Waals surface area contributed by atoms with E-state index in [0.717, 1.165) is 25.7 Å². The van der Waals surface area contributed by atoms with Crippen molar-refractivity contribution in [1.82, 2.24) is 16.0 Å². The Morgan fingerprint density at radius 3 is 1.91 bits per heavy atom. The van der Waals surface area contributed by atoms with Crippen LogP contribution in [0.3, 0.4) is 0 Å². The first-order chi connectivity index (χ1) is 15.1. The molecule has 0 aromatic heterocycles. The van der Waals surface area contributed by atoms with Crippen LogP contribution in [0.25, 0.3) is 0 Å². The Morgan fingerprint density at radius 1 is 0.844 bits per heavy atom. The molecule has 8 N–H and O–H groups in total. The molecular formula is C20H34N4O8. The maximum atomic E-state index is 12.2. The topological polar surface area (TPSA) is 208 Å². The summed E-state index contributed by atoms with van der Waals surface area (Å²) >= 11 is 0. The van der Waals surface area contributed by atoms with Gasteiger partial charge in [-0.05, 0) is 63.8 Å². The van der Waals surface area contributed by atoms with Crippen LogP contribution in [0, 0.1) is 11.8 Å². The van der Waals surface area contributed by atoms with Crippen molar-refractivity contribution in [3.05, 3.63) is 0 Å². The molecular weight excluding hydrogens is 424 g/mol. The Hall–Kier alpha value is -2.89. The number of carboxylic acids is 3. The smallest absolute Gasteiger partial charge is 0.326 e. The third-order valence-electron chi connectivity index (χ3n) is 5.62. The van der Waals surface area contributed by atoms with Gasteiger partial charge in [-0.3, -0.25) is 9.59 Å². The molecule has 1 rings (SSSR count). The van der Waals surface area contributed by atoms with Crippen LogP contribution in [0.1, 0.15) is 57.8 Å². The number of hydrogen-bond acceptors (Lipinski definition) is 6. The van der Waals surface area contributed by atoms with E-state index in [1.165, 1.54) is 0 Å². The summed E-state index contributed by atoms with van der Waals surface area (Å²) < 4.78 is 0. The summed E-state index contributed by atoms with van der Waals surface area (Å²) in [7, 11) is 0. The lowest BCUT2D eigenvalue weighted by Gasteiger charge is -2.26. The predicted molar refractivity (Wildman–Crippen MR) is 113 cm³/mol. The first-order valence-corrected chi connectivity index (χ1v) is 10.9. The number of urea groups is 1. The van der Waals surface area contributed by atoms with E-state index in [-0.39, 0.29) is 24.7 Å². The standard InChI is InChI=1S/C20H34N4O8/c21-11-12-4-6-13(7-5-12)17(27)22-10-2-1-3-14(18(28)29)23-20(32)24-15(19(30)31)8-9-16(25)26/h12-15H,1-11,21H2,(H,22,27)(H,25,26)(H,28,29)(H,30,31)(H2,23,24,32)/t12?,13?,14-,15-/m0/s1. The highest BCUT2D eigenvalue weighted by atomic mass is 16.4. The molecule has 0 aromatic rings. The lowest BCUT2D eigenvalue weighted by atomic mass is 9.81. The van der Waals surface area contributed by atoms with Gasteiger partial charge in [0, 0.05) is 18.9 Å². The number of amides is 3. The molecule has 0 aliphatic heterocycles. The van der Waals surface area contributed by atoms with Gasteiger partial charge in [0.05, 0.1) is 0 Å². The minimum Gasteiger partial charge on any atom is -0.481 e. The molecule has 1 fully saturated rings. The van der Waals surface area contributed by atoms with Crippen LogP contribution >= 0.6 is 0 Å². The van der Waals surface area contributed by atoms with Gasteiger partial charge in [-0.15, -0.1) is 0 Å². The number of nitrogens with one attached hydrogen (secondary N) is 3. The van der Waals surface area contributed by atoms with Crippen LogP contribution in [-0.4, -0.2) is 70.3 Å². The average Bonchev–Trinajstić information content (AvgIpc) is 2.74. The third-order valence-corrected chi connectivity index (χ3v) is 5.62. The van der Waals surface area contributed by atoms with E-state index in [0.29, 0.717) is 31.8 Å². The van der Waals surface area contributed by atoms with Crippen LogP contribution in [0.5, 0.6) is 0 Å². The molecule has 2 atom stereocenters. The molecule has 0 heterocycles. The molecule has 3 amide bonds. The molecule has 12 nitrogen and oxygen atoms in total. The third kappa shape index (κ3) is 10.4. The fourth-order valence-corrected chi connectivity index (χ4v) is 3.63. The summed E-state index contributed by atoms with van der Waals surface area (Å²) in [5.74, 6) is -3.44. The maximum absolute atomic E-state index is 12.2. The van der Waals surface area contributed by atoms with Crippen molar-refractivity contribution in [3.8, 4) is 0 Å². The van der Waals surface area contributed by atoms with Crippen LogP contribution in [0.4, 0.5) is 4.79 Å². The van der Waals surface area contributed by atoms with E-state index in [1.807, 2.05) is 0 Å². The van der Waals surface area contributed by atoms with Gasteiger partial charge >= 0.3 is 23.9 Å². The van der Waals surface area contributed by atoms with Gasteiger partial charge < -0.3 is 37.0 Å². The molecule has 0 aromatic carbocycles. The van der Waals surface area contributed by atoms with E-state index in [9.17, 15) is 29.1 Å². The zero-order valence-corrected chi connectivity index (χ0v) is 18.0. The highest BCUT2D eigenvalue weighted by Gasteiger charge is 2.26. The Kier molecular flexibility index (Phi) is 12.1. The zero-order valence-electron chi connectivity index (χ0n) is 18.0. The van der Waals surface area contributed by atoms with E-state index < -0.39 is 42.4 Å². The molecule has 1 aliphatic carbocycles. The molecule has 0 radical (unpaired) electrons. The number of carbonyl (C=O) groups excluding carboxylic acids is 2. The normalized spacial score (nSPS) is 19.9. The van der Waals surface area contributed by atoms with Gasteiger partial charge in [-0.1, -0.05) is 0 Å². The van der Waals surface area contributed by atoms with Gasteiger partial charge in [0.2, 0.25) is 5.91 Å². The summed E-state index contributed by atoms with van der Waals surface area (Å²) in [4.78, 5) is 57.2. The van der Waals surface area contributed by atoms with Gasteiger partial charge in [0.1, 0.15) is 12.1 Å². The van der Waals surface area contributed by atoms with Crippen molar-refractivity contribution in [2.24, 2.45) is 17.6 Å². The monoisotopic (exact) mass is 458 g/mol. The summed E-state index contributed by atoms with van der Waals surface area (Å²) in [6.07, 6.45) is 3.76. The van der Waals surface area contributed by atoms with E-state index >= 15 is 0 Å². The number of rotatable bonds is 14. The van der Waals surface area contributed by atoms with Crippen LogP contribution in [-0.2, 0) is 19.2 Å². The van der Waals surface area contributed by atoms with Crippen molar-refractivity contribution >= 4 is 29.8 Å². The molecule has 0 spiro atoms. The fourth-order valence-electron chi connectivity index (χ4n) is 3.63. The molecule has 0 saturated heterocycles. The van der Waals surface area contributed by atoms with Crippen LogP contribution in [0.2, 0.25) is 0 Å². The fraction of sp³-hybridized carbons (Fsp3) is 0.750. The highest BCUT2D eigenvalue weighted by Crippen LogP contribution is 2.28. The second kappa shape index (κ2) is 14.2. The van der Waals surface area contributed by atoms with Crippen LogP contribution in [0.15, 0.2) is 0 Å². The predicted octanol–water partition coefficient (Wildman–Crippen LogP) is 0.108. The number of nitrogens with two attached hydrogens (primary N) is 1. The average molecular weight is 459 g/mol. The van der Waals surface area contributed by atoms with Crippen molar-refractivity contribution < 1.29 is 39.3 Å². The minimum atomic E-state index is -1.45. The number of carbonyl (C=O) groups is 5. The Labute approximate surface area is 186 Å². The summed E-state index contributed by atoms with van der Waals surface area (Å²) in [6.45, 7) is 1.04. The minimum absolute atomic E-state index is 0.00571. The zero-order chi connectivity index (χ0) is 24.1. The van der Waals surface area contributed by atoms with Crippen molar-refractivity contribution in [2.75, 3.05) is 13.1 Å². The number of hydrogen-bond donors (Lipinski definition) is 7. The Morgan fingerprint density at radius 2 is 1.41 bits per heavy atom. The lowest BCUT2D eigenvalue weighted by molar-refractivity contribution is -0.140. The molecule has 32 heavy (non-hydrogen) atoms. The number of aliphatic carboxylic acids is 3. The lowest BCUT2D eigenvalue weighted by Crippen LogP contribution is -2.51. The van der Waals surface area contributed by atoms with E-state index in [1.54, 1.807) is 0 Å². The van der Waals surface area contributed by atoms with Gasteiger partial charge in [-0.2, -0.15) is 0 Å². The van der Waals surface area contributed by atoms with Crippen molar-refractivity contribution in [1.29, 1.82) is 0 Å². The van der Waals surface area contributed by atoms with Gasteiger partial charge in [-0.25, -0.2) is 14.4 Å². The van der Waals surface area contributed by atoms with Gasteiger partial charge in [0.25, 0.3) is 0 Å². The molecule has 1 saturated carbocycles. The largest absolute Gasteiger partial charge is 0.481 e. The maximum Gasteiger partial charge on any atom is 0.326 e. The van der Waals surface area contributed by atoms with Gasteiger partial charge in [0.15, 0.2) is 0 Å². The molecule has 1 aliphatic rings. The van der Waals surface area contributed by atoms with E-state index in [2.05, 4.69) is 16.0 Å². The molecule has 182 valence electrons. The molecule has 12 heteroatoms. The molecule has 0 bridgehead atoms. The first kappa shape index (κ1) is 27.1. The van der Waals surface area contributed by atoms with E-state index in [4.69, 9.17) is 15.9 Å². The number of carboxylic acid groups (broad SMARTS) is 3. The summed E-state index contributed by atoms with van der Waals surface area (Å²) in [6, 6.07) is -3.70. The Bertz CT molecular complexity index is 664. The Balaban J connectivity index is 2.33.